The van der Waals surface area contributed by atoms with Crippen LogP contribution >= 0.6 is 0 Å². The van der Waals surface area contributed by atoms with E-state index in [2.05, 4.69) is 49.7 Å². The quantitative estimate of drug-likeness (QED) is 0.326. The number of aliphatic hydroxyl groups is 3. The van der Waals surface area contributed by atoms with E-state index in [9.17, 15) is 15.3 Å². The first-order valence-electron chi connectivity index (χ1n) is 20.1. The lowest BCUT2D eigenvalue weighted by Crippen LogP contribution is -2.69. The van der Waals surface area contributed by atoms with Gasteiger partial charge in [-0.2, -0.15) is 0 Å². The van der Waals surface area contributed by atoms with Crippen LogP contribution in [0.2, 0.25) is 0 Å². The Balaban J connectivity index is 1.25. The van der Waals surface area contributed by atoms with Gasteiger partial charge in [0.2, 0.25) is 0 Å². The molecular weight excluding hydrogens is 652 g/mol. The van der Waals surface area contributed by atoms with Gasteiger partial charge in [0.1, 0.15) is 24.4 Å². The number of fused-ring (bicyclic) bond motifs is 3. The molecule has 1 aromatic rings. The van der Waals surface area contributed by atoms with Crippen molar-refractivity contribution in [3.05, 3.63) is 47.0 Å². The Kier molecular flexibility index (Phi) is 8.30. The van der Waals surface area contributed by atoms with Gasteiger partial charge in [-0.05, 0) is 110 Å². The molecule has 3 saturated carbocycles. The van der Waals surface area contributed by atoms with Crippen molar-refractivity contribution < 1.29 is 34.3 Å². The van der Waals surface area contributed by atoms with Gasteiger partial charge in [-0.1, -0.05) is 75.8 Å². The summed E-state index contributed by atoms with van der Waals surface area (Å²) in [5.74, 6) is 13.3. The minimum Gasteiger partial charge on any atom is -0.387 e. The number of carbonyl (C=O) groups is 1. The van der Waals surface area contributed by atoms with Gasteiger partial charge in [-0.15, -0.1) is 5.92 Å². The van der Waals surface area contributed by atoms with E-state index in [1.165, 1.54) is 5.57 Å². The molecule has 9 bridgehead atoms. The van der Waals surface area contributed by atoms with Crippen LogP contribution in [0.3, 0.4) is 0 Å². The van der Waals surface area contributed by atoms with E-state index >= 15 is 4.79 Å². The number of hydrogen-bond donors (Lipinski definition) is 3. The number of carbonyl (C=O) groups excluding carboxylic acids is 1. The van der Waals surface area contributed by atoms with Gasteiger partial charge in [-0.25, -0.2) is 0 Å². The number of Topliss-reactive ketones (excluding diaryl/α,β-unsaturated/α-hetero) is 1. The van der Waals surface area contributed by atoms with Gasteiger partial charge in [-0.3, -0.25) is 4.79 Å². The Morgan fingerprint density at radius 2 is 1.65 bits per heavy atom. The van der Waals surface area contributed by atoms with E-state index in [1.807, 2.05) is 32.0 Å². The van der Waals surface area contributed by atoms with Crippen LogP contribution in [-0.2, 0) is 19.0 Å². The number of rotatable bonds is 1. The normalized spacial score (nSPS) is 52.1. The SMILES string of the molecule is CC1C(C)C2OC1C(O)C#CCC1CC3C4=C5CCC6CC(C(C)(O)C2O)C1(C)C46OCC#CC(c1ccccc1)COC1CCC3(C)C(C1)C5=O. The predicted octanol–water partition coefficient (Wildman–Crippen LogP) is 5.61. The Labute approximate surface area is 309 Å². The molecule has 3 N–H and O–H groups in total. The van der Waals surface area contributed by atoms with Gasteiger partial charge >= 0.3 is 0 Å². The summed E-state index contributed by atoms with van der Waals surface area (Å²) in [6, 6.07) is 10.3. The average molecular weight is 709 g/mol. The van der Waals surface area contributed by atoms with Gasteiger partial charge < -0.3 is 29.5 Å². The Bertz CT molecular complexity index is 1780. The number of ketones is 1. The molecule has 5 heterocycles. The second-order valence-electron chi connectivity index (χ2n) is 18.6. The molecule has 4 fully saturated rings. The van der Waals surface area contributed by atoms with Crippen molar-refractivity contribution in [2.24, 2.45) is 52.3 Å². The number of benzene rings is 1. The van der Waals surface area contributed by atoms with Crippen LogP contribution in [-0.4, -0.2) is 76.0 Å². The molecule has 0 amide bonds. The molecule has 52 heavy (non-hydrogen) atoms. The van der Waals surface area contributed by atoms with Crippen molar-refractivity contribution in [1.29, 1.82) is 0 Å². The van der Waals surface area contributed by atoms with E-state index in [1.54, 1.807) is 6.92 Å². The molecule has 17 unspecified atom stereocenters. The van der Waals surface area contributed by atoms with E-state index in [-0.39, 0.29) is 71.3 Å². The lowest BCUT2D eigenvalue weighted by Gasteiger charge is -2.67. The molecule has 17 atom stereocenters. The number of aliphatic hydroxyl groups excluding tert-OH is 2. The molecule has 0 aromatic heterocycles. The van der Waals surface area contributed by atoms with Crippen molar-refractivity contribution >= 4 is 5.78 Å². The van der Waals surface area contributed by atoms with E-state index in [0.29, 0.717) is 32.3 Å². The highest BCUT2D eigenvalue weighted by Crippen LogP contribution is 2.76. The second kappa shape index (κ2) is 12.3. The minimum atomic E-state index is -1.54. The molecule has 1 aromatic carbocycles. The molecule has 7 nitrogen and oxygen atoms in total. The maximum absolute atomic E-state index is 15.0. The summed E-state index contributed by atoms with van der Waals surface area (Å²) in [6.45, 7) is 11.2. The summed E-state index contributed by atoms with van der Waals surface area (Å²) in [5.41, 5.74) is -0.109. The highest BCUT2D eigenvalue weighted by atomic mass is 16.5. The highest BCUT2D eigenvalue weighted by molar-refractivity contribution is 6.00. The first-order chi connectivity index (χ1) is 24.8. The van der Waals surface area contributed by atoms with Gasteiger partial charge in [0.15, 0.2) is 5.78 Å². The fourth-order valence-electron chi connectivity index (χ4n) is 13.5. The first-order valence-corrected chi connectivity index (χ1v) is 20.1. The summed E-state index contributed by atoms with van der Waals surface area (Å²) in [5, 5.41) is 36.6. The largest absolute Gasteiger partial charge is 0.387 e. The fraction of sp³-hybridized carbons (Fsp3) is 0.711. The van der Waals surface area contributed by atoms with Crippen molar-refractivity contribution in [3.8, 4) is 23.7 Å². The molecule has 10 aliphatic rings. The molecule has 7 heteroatoms. The molecule has 5 aliphatic heterocycles. The average Bonchev–Trinajstić information content (AvgIpc) is 3.58. The molecule has 11 rings (SSSR count). The van der Waals surface area contributed by atoms with Crippen LogP contribution in [0, 0.1) is 75.9 Å². The van der Waals surface area contributed by atoms with Gasteiger partial charge in [0.25, 0.3) is 0 Å². The monoisotopic (exact) mass is 708 g/mol. The third-order valence-electron chi connectivity index (χ3n) is 16.6. The zero-order valence-corrected chi connectivity index (χ0v) is 31.4. The fourth-order valence-corrected chi connectivity index (χ4v) is 13.5. The summed E-state index contributed by atoms with van der Waals surface area (Å²) >= 11 is 0. The zero-order valence-electron chi connectivity index (χ0n) is 31.4. The maximum atomic E-state index is 15.0. The third kappa shape index (κ3) is 4.66. The predicted molar refractivity (Wildman–Crippen MR) is 195 cm³/mol. The van der Waals surface area contributed by atoms with Crippen LogP contribution in [0.25, 0.3) is 0 Å². The second-order valence-corrected chi connectivity index (χ2v) is 18.6. The van der Waals surface area contributed by atoms with Crippen LogP contribution < -0.4 is 0 Å². The highest BCUT2D eigenvalue weighted by Gasteiger charge is 2.77. The molecule has 5 aliphatic carbocycles. The molecule has 0 radical (unpaired) electrons. The van der Waals surface area contributed by atoms with E-state index in [0.717, 1.165) is 36.8 Å². The summed E-state index contributed by atoms with van der Waals surface area (Å²) < 4.78 is 20.6. The van der Waals surface area contributed by atoms with Crippen molar-refractivity contribution in [2.75, 3.05) is 13.2 Å². The zero-order chi connectivity index (χ0) is 36.4. The summed E-state index contributed by atoms with van der Waals surface area (Å²) in [7, 11) is 0. The first kappa shape index (κ1) is 35.2. The summed E-state index contributed by atoms with van der Waals surface area (Å²) in [4.78, 5) is 15.0. The standard InChI is InChI=1S/C45H56O7/c1-25-26(2)40-41(48)44(5,49)36-22-30-16-17-32-37-33-21-29(14-9-15-35(46)39(25)52-40)43(36,4)45(30,37)51-20-10-13-28(27-11-7-6-8-12-27)24-50-31-18-19-42(33,3)34(23-31)38(32)47/h6-8,11-12,25-26,28-31,33-36,39-41,46,48-49H,14,16-24H2,1-5H3. The van der Waals surface area contributed by atoms with Crippen molar-refractivity contribution in [3.63, 3.8) is 0 Å². The van der Waals surface area contributed by atoms with Crippen LogP contribution in [0.1, 0.15) is 97.5 Å². The maximum Gasteiger partial charge on any atom is 0.162 e. The summed E-state index contributed by atoms with van der Waals surface area (Å²) in [6.07, 6.45) is 2.64. The van der Waals surface area contributed by atoms with Crippen molar-refractivity contribution in [1.82, 2.24) is 0 Å². The Morgan fingerprint density at radius 1 is 0.885 bits per heavy atom. The lowest BCUT2D eigenvalue weighted by atomic mass is 9.40. The van der Waals surface area contributed by atoms with Crippen LogP contribution in [0.5, 0.6) is 0 Å². The number of ether oxygens (including phenoxy) is 3. The van der Waals surface area contributed by atoms with E-state index < -0.39 is 41.0 Å². The van der Waals surface area contributed by atoms with E-state index in [4.69, 9.17) is 14.2 Å². The minimum absolute atomic E-state index is 0.000884. The third-order valence-corrected chi connectivity index (χ3v) is 16.6. The molecule has 278 valence electrons. The Morgan fingerprint density at radius 3 is 2.44 bits per heavy atom. The van der Waals surface area contributed by atoms with Crippen molar-refractivity contribution in [2.45, 2.75) is 134 Å². The lowest BCUT2D eigenvalue weighted by molar-refractivity contribution is -0.225. The Hall–Kier alpha value is -2.49. The van der Waals surface area contributed by atoms with Gasteiger partial charge in [0, 0.05) is 17.8 Å². The number of allylic oxidation sites excluding steroid dienone is 1. The van der Waals surface area contributed by atoms with Crippen LogP contribution in [0.15, 0.2) is 41.5 Å². The number of hydrogen-bond acceptors (Lipinski definition) is 7. The molecule has 1 saturated heterocycles. The topological polar surface area (TPSA) is 105 Å². The van der Waals surface area contributed by atoms with Gasteiger partial charge in [0.05, 0.1) is 36.4 Å². The smallest absolute Gasteiger partial charge is 0.162 e. The van der Waals surface area contributed by atoms with Crippen LogP contribution in [0.4, 0.5) is 0 Å². The molecule has 1 spiro atoms. The molecular formula is C45H56O7.